The molecule has 2 amide bonds. The van der Waals surface area contributed by atoms with Crippen molar-refractivity contribution in [2.75, 3.05) is 23.3 Å². The normalized spacial score (nSPS) is 11.0. The van der Waals surface area contributed by atoms with Gasteiger partial charge in [-0.3, -0.25) is 9.59 Å². The number of primary sulfonamides is 1. The zero-order chi connectivity index (χ0) is 21.6. The van der Waals surface area contributed by atoms with Gasteiger partial charge in [0.15, 0.2) is 0 Å². The molecule has 0 aliphatic rings. The first-order chi connectivity index (χ1) is 13.7. The fourth-order valence-corrected chi connectivity index (χ4v) is 3.33. The van der Waals surface area contributed by atoms with Crippen LogP contribution in [-0.2, 0) is 26.2 Å². The third-order valence-corrected chi connectivity index (χ3v) is 5.43. The van der Waals surface area contributed by atoms with Gasteiger partial charge < -0.3 is 15.5 Å². The third kappa shape index (κ3) is 6.03. The Morgan fingerprint density at radius 3 is 2.14 bits per heavy atom. The number of nitrogens with one attached hydrogen (secondary N) is 2. The molecule has 8 nitrogen and oxygen atoms in total. The number of nitrogens with two attached hydrogens (primary N) is 1. The van der Waals surface area contributed by atoms with Crippen molar-refractivity contribution in [3.05, 3.63) is 53.6 Å². The molecule has 2 aromatic rings. The van der Waals surface area contributed by atoms with Crippen molar-refractivity contribution in [2.45, 2.75) is 32.2 Å². The van der Waals surface area contributed by atoms with Gasteiger partial charge in [-0.15, -0.1) is 0 Å². The second-order valence-electron chi connectivity index (χ2n) is 6.50. The Balaban J connectivity index is 1.96. The van der Waals surface area contributed by atoms with Crippen LogP contribution in [0.3, 0.4) is 0 Å². The molecule has 0 saturated carbocycles. The highest BCUT2D eigenvalue weighted by Gasteiger charge is 2.15. The van der Waals surface area contributed by atoms with E-state index in [9.17, 15) is 18.0 Å². The van der Waals surface area contributed by atoms with E-state index in [2.05, 4.69) is 29.4 Å². The van der Waals surface area contributed by atoms with Gasteiger partial charge >= 0.3 is 11.8 Å². The van der Waals surface area contributed by atoms with Crippen molar-refractivity contribution in [2.24, 2.45) is 5.14 Å². The van der Waals surface area contributed by atoms with Crippen LogP contribution in [0.4, 0.5) is 11.4 Å². The Hall–Kier alpha value is -2.91. The summed E-state index contributed by atoms with van der Waals surface area (Å²) in [6.45, 7) is 7.85. The average Bonchev–Trinajstić information content (AvgIpc) is 2.68. The van der Waals surface area contributed by atoms with Gasteiger partial charge in [-0.1, -0.05) is 12.1 Å². The third-order valence-electron chi connectivity index (χ3n) is 4.50. The molecule has 0 unspecified atom stereocenters. The molecular formula is C20H26N4O4S. The Morgan fingerprint density at radius 1 is 1.00 bits per heavy atom. The molecule has 0 aromatic heterocycles. The number of nitrogens with zero attached hydrogens (tertiary/aromatic N) is 1. The van der Waals surface area contributed by atoms with Gasteiger partial charge in [0.1, 0.15) is 0 Å². The number of carbonyl (C=O) groups is 2. The van der Waals surface area contributed by atoms with Crippen molar-refractivity contribution < 1.29 is 18.0 Å². The maximum absolute atomic E-state index is 12.2. The van der Waals surface area contributed by atoms with Crippen LogP contribution < -0.4 is 20.7 Å². The van der Waals surface area contributed by atoms with Gasteiger partial charge in [-0.05, 0) is 62.2 Å². The van der Waals surface area contributed by atoms with Crippen molar-refractivity contribution in [3.8, 4) is 0 Å². The molecule has 0 radical (unpaired) electrons. The summed E-state index contributed by atoms with van der Waals surface area (Å²) in [5, 5.41) is 10.2. The molecule has 0 heterocycles. The first-order valence-corrected chi connectivity index (χ1v) is 10.8. The Kier molecular flexibility index (Phi) is 7.35. The fraction of sp³-hybridized carbons (Fsp3) is 0.300. The van der Waals surface area contributed by atoms with E-state index in [0.717, 1.165) is 24.3 Å². The molecule has 0 fully saturated rings. The number of aryl methyl sites for hydroxylation is 1. The Bertz CT molecular complexity index is 984. The summed E-state index contributed by atoms with van der Waals surface area (Å²) >= 11 is 0. The van der Waals surface area contributed by atoms with E-state index in [4.69, 9.17) is 5.14 Å². The van der Waals surface area contributed by atoms with Gasteiger partial charge in [-0.2, -0.15) is 0 Å². The number of hydrogen-bond donors (Lipinski definition) is 3. The van der Waals surface area contributed by atoms with Crippen LogP contribution in [0.15, 0.2) is 47.4 Å². The van der Waals surface area contributed by atoms with E-state index in [1.54, 1.807) is 6.07 Å². The molecule has 0 spiro atoms. The molecule has 156 valence electrons. The molecule has 29 heavy (non-hydrogen) atoms. The number of amides is 2. The Labute approximate surface area is 171 Å². The van der Waals surface area contributed by atoms with Gasteiger partial charge in [-0.25, -0.2) is 13.6 Å². The highest BCUT2D eigenvalue weighted by molar-refractivity contribution is 7.89. The van der Waals surface area contributed by atoms with E-state index < -0.39 is 21.8 Å². The van der Waals surface area contributed by atoms with Crippen LogP contribution in [-0.4, -0.2) is 33.3 Å². The second kappa shape index (κ2) is 9.53. The number of anilines is 2. The minimum Gasteiger partial charge on any atom is -0.372 e. The number of rotatable bonds is 7. The van der Waals surface area contributed by atoms with Crippen LogP contribution in [0.25, 0.3) is 0 Å². The minimum atomic E-state index is -3.77. The van der Waals surface area contributed by atoms with E-state index in [1.165, 1.54) is 24.3 Å². The van der Waals surface area contributed by atoms with Crippen LogP contribution in [0.5, 0.6) is 0 Å². The molecular weight excluding hydrogens is 392 g/mol. The molecule has 0 aliphatic heterocycles. The maximum Gasteiger partial charge on any atom is 0.313 e. The van der Waals surface area contributed by atoms with E-state index >= 15 is 0 Å². The van der Waals surface area contributed by atoms with Gasteiger partial charge in [0.25, 0.3) is 0 Å². The zero-order valence-corrected chi connectivity index (χ0v) is 17.5. The van der Waals surface area contributed by atoms with Crippen LogP contribution in [0.2, 0.25) is 0 Å². The number of hydrogen-bond acceptors (Lipinski definition) is 5. The van der Waals surface area contributed by atoms with Crippen molar-refractivity contribution in [3.63, 3.8) is 0 Å². The maximum atomic E-state index is 12.2. The van der Waals surface area contributed by atoms with Crippen molar-refractivity contribution in [1.29, 1.82) is 0 Å². The molecule has 0 saturated heterocycles. The molecule has 4 N–H and O–H groups in total. The predicted molar refractivity (Wildman–Crippen MR) is 113 cm³/mol. The van der Waals surface area contributed by atoms with Crippen molar-refractivity contribution in [1.82, 2.24) is 5.32 Å². The largest absolute Gasteiger partial charge is 0.372 e. The van der Waals surface area contributed by atoms with E-state index in [-0.39, 0.29) is 11.4 Å². The summed E-state index contributed by atoms with van der Waals surface area (Å²) < 4.78 is 22.5. The summed E-state index contributed by atoms with van der Waals surface area (Å²) in [7, 11) is -3.77. The molecule has 9 heteroatoms. The van der Waals surface area contributed by atoms with Crippen LogP contribution >= 0.6 is 0 Å². The topological polar surface area (TPSA) is 122 Å². The number of benzene rings is 2. The predicted octanol–water partition coefficient (Wildman–Crippen LogP) is 1.74. The van der Waals surface area contributed by atoms with Gasteiger partial charge in [0.2, 0.25) is 10.0 Å². The first-order valence-electron chi connectivity index (χ1n) is 9.22. The monoisotopic (exact) mass is 418 g/mol. The lowest BCUT2D eigenvalue weighted by molar-refractivity contribution is -0.136. The summed E-state index contributed by atoms with van der Waals surface area (Å²) in [5.41, 5.74) is 3.11. The highest BCUT2D eigenvalue weighted by Crippen LogP contribution is 2.22. The molecule has 0 aliphatic carbocycles. The molecule has 0 atom stereocenters. The quantitative estimate of drug-likeness (QED) is 0.591. The standard InChI is InChI=1S/C20H26N4O4S/c1-4-24(5-2)16-8-11-18(14(3)12-16)23-20(26)19(25)22-13-15-6-9-17(10-7-15)29(21,27)28/h6-12H,4-5,13H2,1-3H3,(H,22,25)(H,23,26)(H2,21,27,28). The lowest BCUT2D eigenvalue weighted by Gasteiger charge is -2.22. The summed E-state index contributed by atoms with van der Waals surface area (Å²) in [6, 6.07) is 11.4. The van der Waals surface area contributed by atoms with E-state index in [1.807, 2.05) is 19.1 Å². The summed E-state index contributed by atoms with van der Waals surface area (Å²) in [6.07, 6.45) is 0. The lowest BCUT2D eigenvalue weighted by atomic mass is 10.1. The second-order valence-corrected chi connectivity index (χ2v) is 8.06. The zero-order valence-electron chi connectivity index (χ0n) is 16.7. The molecule has 2 aromatic carbocycles. The molecule has 0 bridgehead atoms. The number of carbonyl (C=O) groups excluding carboxylic acids is 2. The Morgan fingerprint density at radius 2 is 1.62 bits per heavy atom. The van der Waals surface area contributed by atoms with Crippen molar-refractivity contribution >= 4 is 33.2 Å². The summed E-state index contributed by atoms with van der Waals surface area (Å²) in [5.74, 6) is -1.56. The fourth-order valence-electron chi connectivity index (χ4n) is 2.81. The first kappa shape index (κ1) is 22.4. The van der Waals surface area contributed by atoms with Gasteiger partial charge in [0.05, 0.1) is 4.90 Å². The lowest BCUT2D eigenvalue weighted by Crippen LogP contribution is -2.35. The van der Waals surface area contributed by atoms with E-state index in [0.29, 0.717) is 11.3 Å². The summed E-state index contributed by atoms with van der Waals surface area (Å²) in [4.78, 5) is 26.4. The highest BCUT2D eigenvalue weighted by atomic mass is 32.2. The SMILES string of the molecule is CCN(CC)c1ccc(NC(=O)C(=O)NCc2ccc(S(N)(=O)=O)cc2)c(C)c1. The smallest absolute Gasteiger partial charge is 0.313 e. The molecule has 2 rings (SSSR count). The minimum absolute atomic E-state index is 0.0195. The van der Waals surface area contributed by atoms with Gasteiger partial charge in [0, 0.05) is 31.0 Å². The number of sulfonamides is 1. The van der Waals surface area contributed by atoms with Crippen LogP contribution in [0, 0.1) is 6.92 Å². The van der Waals surface area contributed by atoms with Crippen LogP contribution in [0.1, 0.15) is 25.0 Å². The average molecular weight is 419 g/mol.